The van der Waals surface area contributed by atoms with Crippen LogP contribution in [-0.4, -0.2) is 39.7 Å². The van der Waals surface area contributed by atoms with Crippen LogP contribution in [0.5, 0.6) is 5.75 Å². The van der Waals surface area contributed by atoms with E-state index in [0.717, 1.165) is 0 Å². The van der Waals surface area contributed by atoms with Crippen molar-refractivity contribution in [2.45, 2.75) is 11.3 Å². The Hall–Kier alpha value is -3.11. The summed E-state index contributed by atoms with van der Waals surface area (Å²) in [5.41, 5.74) is 5.16. The predicted molar refractivity (Wildman–Crippen MR) is 106 cm³/mol. The molecule has 0 aromatic heterocycles. The summed E-state index contributed by atoms with van der Waals surface area (Å²) < 4.78 is 31.5. The molecular formula is C18H17ClN4O5S. The molecule has 2 amide bonds. The van der Waals surface area contributed by atoms with E-state index < -0.39 is 21.8 Å². The zero-order chi connectivity index (χ0) is 21.0. The molecule has 0 bridgehead atoms. The molecule has 1 heterocycles. The number of fused-ring (bicyclic) bond motifs is 1. The van der Waals surface area contributed by atoms with Crippen LogP contribution in [0.2, 0.25) is 5.02 Å². The van der Waals surface area contributed by atoms with Crippen molar-refractivity contribution in [3.05, 3.63) is 58.6 Å². The first kappa shape index (κ1) is 20.6. The molecule has 11 heteroatoms. The largest absolute Gasteiger partial charge is 0.496 e. The molecule has 3 N–H and O–H groups in total. The molecule has 2 aromatic rings. The lowest BCUT2D eigenvalue weighted by atomic mass is 10.2. The Bertz CT molecular complexity index is 1100. The summed E-state index contributed by atoms with van der Waals surface area (Å²) in [7, 11) is -2.22. The van der Waals surface area contributed by atoms with Gasteiger partial charge in [-0.05, 0) is 30.3 Å². The minimum atomic E-state index is -3.63. The van der Waals surface area contributed by atoms with Crippen molar-refractivity contribution in [1.82, 2.24) is 15.6 Å². The predicted octanol–water partition coefficient (Wildman–Crippen LogP) is 1.24. The third-order valence-electron chi connectivity index (χ3n) is 3.99. The van der Waals surface area contributed by atoms with Crippen LogP contribution in [0.4, 0.5) is 0 Å². The Morgan fingerprint density at radius 2 is 1.93 bits per heavy atom. The summed E-state index contributed by atoms with van der Waals surface area (Å²) in [6, 6.07) is 10.9. The molecular weight excluding hydrogens is 420 g/mol. The molecule has 0 saturated carbocycles. The number of rotatable bonds is 5. The van der Waals surface area contributed by atoms with Gasteiger partial charge >= 0.3 is 0 Å². The van der Waals surface area contributed by atoms with Gasteiger partial charge in [-0.3, -0.25) is 30.2 Å². The molecule has 1 aliphatic rings. The second kappa shape index (κ2) is 8.50. The number of benzene rings is 2. The van der Waals surface area contributed by atoms with Crippen LogP contribution in [0.3, 0.4) is 0 Å². The number of carbonyl (C=O) groups excluding carboxylic acids is 2. The Balaban J connectivity index is 1.56. The molecule has 0 spiro atoms. The van der Waals surface area contributed by atoms with Crippen LogP contribution in [0.1, 0.15) is 22.3 Å². The van der Waals surface area contributed by atoms with E-state index >= 15 is 0 Å². The van der Waals surface area contributed by atoms with E-state index in [0.29, 0.717) is 16.3 Å². The number of sulfonamides is 1. The molecule has 0 unspecified atom stereocenters. The highest BCUT2D eigenvalue weighted by Crippen LogP contribution is 2.23. The highest BCUT2D eigenvalue weighted by atomic mass is 35.5. The fourth-order valence-corrected chi connectivity index (χ4v) is 4.06. The normalized spacial score (nSPS) is 15.3. The maximum absolute atomic E-state index is 12.2. The van der Waals surface area contributed by atoms with Gasteiger partial charge in [0.2, 0.25) is 5.91 Å². The molecule has 0 radical (unpaired) electrons. The summed E-state index contributed by atoms with van der Waals surface area (Å²) in [4.78, 5) is 28.4. The van der Waals surface area contributed by atoms with Crippen LogP contribution in [0, 0.1) is 0 Å². The second-order valence-electron chi connectivity index (χ2n) is 5.93. The van der Waals surface area contributed by atoms with Crippen molar-refractivity contribution in [3.63, 3.8) is 0 Å². The van der Waals surface area contributed by atoms with Gasteiger partial charge in [-0.25, -0.2) is 8.42 Å². The van der Waals surface area contributed by atoms with E-state index in [9.17, 15) is 18.0 Å². The quantitative estimate of drug-likeness (QED) is 0.608. The standard InChI is InChI=1S/C18H17ClN4O5S/c1-28-14-7-6-11(19)10-13(14)18(25)22-21-16(24)8-9-20-17-12-4-2-3-5-15(12)29(26,27)23-17/h2-7,10H,8-9H2,1H3,(H,20,23)(H,21,24)(H,22,25). The third-order valence-corrected chi connectivity index (χ3v) is 5.63. The number of amides is 2. The Morgan fingerprint density at radius 3 is 2.69 bits per heavy atom. The molecule has 152 valence electrons. The maximum atomic E-state index is 12.2. The molecule has 2 aromatic carbocycles. The van der Waals surface area contributed by atoms with Crippen LogP contribution in [0.15, 0.2) is 52.4 Å². The minimum absolute atomic E-state index is 0.0222. The average molecular weight is 437 g/mol. The first-order valence-electron chi connectivity index (χ1n) is 8.41. The van der Waals surface area contributed by atoms with Crippen LogP contribution < -0.4 is 20.3 Å². The van der Waals surface area contributed by atoms with Crippen LogP contribution in [-0.2, 0) is 14.8 Å². The van der Waals surface area contributed by atoms with Gasteiger partial charge in [-0.1, -0.05) is 23.7 Å². The lowest BCUT2D eigenvalue weighted by Crippen LogP contribution is -2.42. The SMILES string of the molecule is COc1ccc(Cl)cc1C(=O)NNC(=O)CCN=C1NS(=O)(=O)c2ccccc21. The van der Waals surface area contributed by atoms with Gasteiger partial charge in [0.15, 0.2) is 0 Å². The first-order chi connectivity index (χ1) is 13.8. The van der Waals surface area contributed by atoms with E-state index in [1.807, 2.05) is 0 Å². The molecule has 0 saturated heterocycles. The van der Waals surface area contributed by atoms with E-state index in [1.54, 1.807) is 24.3 Å². The number of methoxy groups -OCH3 is 1. The van der Waals surface area contributed by atoms with E-state index in [-0.39, 0.29) is 29.3 Å². The zero-order valence-electron chi connectivity index (χ0n) is 15.2. The Morgan fingerprint density at radius 1 is 1.17 bits per heavy atom. The molecule has 0 aliphatic carbocycles. The van der Waals surface area contributed by atoms with Crippen molar-refractivity contribution in [1.29, 1.82) is 0 Å². The smallest absolute Gasteiger partial charge is 0.273 e. The van der Waals surface area contributed by atoms with Crippen LogP contribution >= 0.6 is 11.6 Å². The minimum Gasteiger partial charge on any atom is -0.496 e. The number of amidine groups is 1. The molecule has 29 heavy (non-hydrogen) atoms. The number of hydrogen-bond donors (Lipinski definition) is 3. The topological polar surface area (TPSA) is 126 Å². The van der Waals surface area contributed by atoms with Gasteiger partial charge in [0.1, 0.15) is 11.6 Å². The number of nitrogens with zero attached hydrogens (tertiary/aromatic N) is 1. The van der Waals surface area contributed by atoms with Gasteiger partial charge in [0.25, 0.3) is 15.9 Å². The molecule has 1 aliphatic heterocycles. The molecule has 9 nitrogen and oxygen atoms in total. The Kier molecular flexibility index (Phi) is 6.04. The highest BCUT2D eigenvalue weighted by Gasteiger charge is 2.29. The molecule has 0 atom stereocenters. The van der Waals surface area contributed by atoms with Crippen molar-refractivity contribution in [2.24, 2.45) is 4.99 Å². The van der Waals surface area contributed by atoms with Crippen molar-refractivity contribution in [3.8, 4) is 5.75 Å². The lowest BCUT2D eigenvalue weighted by molar-refractivity contribution is -0.121. The van der Waals surface area contributed by atoms with E-state index in [1.165, 1.54) is 25.3 Å². The molecule has 3 rings (SSSR count). The number of nitrogens with one attached hydrogen (secondary N) is 3. The third kappa shape index (κ3) is 4.66. The van der Waals surface area contributed by atoms with E-state index in [2.05, 4.69) is 20.6 Å². The summed E-state index contributed by atoms with van der Waals surface area (Å²) >= 11 is 5.88. The fraction of sp³-hybridized carbons (Fsp3) is 0.167. The number of ether oxygens (including phenoxy) is 1. The molecule has 0 fully saturated rings. The summed E-state index contributed by atoms with van der Waals surface area (Å²) in [5, 5.41) is 0.345. The Labute approximate surface area is 172 Å². The number of aliphatic imine (C=N–C) groups is 1. The lowest BCUT2D eigenvalue weighted by Gasteiger charge is -2.10. The monoisotopic (exact) mass is 436 g/mol. The van der Waals surface area contributed by atoms with Gasteiger partial charge in [-0.2, -0.15) is 0 Å². The van der Waals surface area contributed by atoms with E-state index in [4.69, 9.17) is 16.3 Å². The van der Waals surface area contributed by atoms with Gasteiger partial charge in [-0.15, -0.1) is 0 Å². The van der Waals surface area contributed by atoms with Gasteiger partial charge in [0.05, 0.1) is 24.1 Å². The van der Waals surface area contributed by atoms with Gasteiger partial charge < -0.3 is 4.74 Å². The summed E-state index contributed by atoms with van der Waals surface area (Å²) in [6.07, 6.45) is -0.0691. The fourth-order valence-electron chi connectivity index (χ4n) is 2.63. The summed E-state index contributed by atoms with van der Waals surface area (Å²) in [6.45, 7) is 0.0222. The van der Waals surface area contributed by atoms with Crippen molar-refractivity contribution in [2.75, 3.05) is 13.7 Å². The van der Waals surface area contributed by atoms with Crippen LogP contribution in [0.25, 0.3) is 0 Å². The van der Waals surface area contributed by atoms with Crippen molar-refractivity contribution < 1.29 is 22.7 Å². The number of hydrogen-bond acceptors (Lipinski definition) is 6. The average Bonchev–Trinajstić information content (AvgIpc) is 2.96. The highest BCUT2D eigenvalue weighted by molar-refractivity contribution is 7.90. The van der Waals surface area contributed by atoms with Gasteiger partial charge in [0, 0.05) is 17.0 Å². The van der Waals surface area contributed by atoms with Crippen molar-refractivity contribution >= 4 is 39.3 Å². The number of hydrazine groups is 1. The number of carbonyl (C=O) groups is 2. The second-order valence-corrected chi connectivity index (χ2v) is 8.02. The number of halogens is 1. The summed E-state index contributed by atoms with van der Waals surface area (Å²) in [5.74, 6) is -0.611. The first-order valence-corrected chi connectivity index (χ1v) is 10.3. The zero-order valence-corrected chi connectivity index (χ0v) is 16.8. The maximum Gasteiger partial charge on any atom is 0.273 e.